The fraction of sp³-hybridized carbons (Fsp3) is 0.333. The van der Waals surface area contributed by atoms with Crippen LogP contribution in [-0.2, 0) is 0 Å². The van der Waals surface area contributed by atoms with Crippen LogP contribution in [0, 0.1) is 12.8 Å². The zero-order valence-electron chi connectivity index (χ0n) is 16.0. The molecule has 1 fully saturated rings. The summed E-state index contributed by atoms with van der Waals surface area (Å²) in [7, 11) is 0. The summed E-state index contributed by atoms with van der Waals surface area (Å²) in [5.41, 5.74) is 2.77. The fourth-order valence-electron chi connectivity index (χ4n) is 3.16. The van der Waals surface area contributed by atoms with Gasteiger partial charge in [0.1, 0.15) is 0 Å². The summed E-state index contributed by atoms with van der Waals surface area (Å²) >= 11 is 0. The number of amides is 3. The maximum atomic E-state index is 12.4. The molecule has 0 spiro atoms. The molecule has 3 amide bonds. The maximum absolute atomic E-state index is 12.4. The van der Waals surface area contributed by atoms with E-state index in [2.05, 4.69) is 21.3 Å². The van der Waals surface area contributed by atoms with Crippen LogP contribution in [0.25, 0.3) is 0 Å². The lowest BCUT2D eigenvalue weighted by molar-refractivity contribution is 0.0951. The van der Waals surface area contributed by atoms with Crippen molar-refractivity contribution in [2.45, 2.75) is 19.8 Å². The summed E-state index contributed by atoms with van der Waals surface area (Å²) in [6.07, 6.45) is 2.15. The number of halogens is 1. The van der Waals surface area contributed by atoms with Crippen molar-refractivity contribution in [2.24, 2.45) is 5.92 Å². The molecule has 0 bridgehead atoms. The normalized spacial score (nSPS) is 15.4. The highest BCUT2D eigenvalue weighted by molar-refractivity contribution is 6.02. The minimum absolute atomic E-state index is 0. The molecule has 1 aliphatic heterocycles. The van der Waals surface area contributed by atoms with Gasteiger partial charge in [-0.25, -0.2) is 4.79 Å². The molecule has 1 heterocycles. The molecule has 3 rings (SSSR count). The molecule has 0 radical (unpaired) electrons. The lowest BCUT2D eigenvalue weighted by Crippen LogP contribution is -2.27. The highest BCUT2D eigenvalue weighted by Gasteiger charge is 2.15. The van der Waals surface area contributed by atoms with E-state index in [1.54, 1.807) is 12.1 Å². The van der Waals surface area contributed by atoms with E-state index in [4.69, 9.17) is 0 Å². The van der Waals surface area contributed by atoms with Crippen molar-refractivity contribution in [2.75, 3.05) is 30.3 Å². The smallest absolute Gasteiger partial charge is 0.323 e. The molecule has 150 valence electrons. The lowest BCUT2D eigenvalue weighted by Gasteiger charge is -2.13. The van der Waals surface area contributed by atoms with Gasteiger partial charge in [0.25, 0.3) is 5.91 Å². The van der Waals surface area contributed by atoms with Crippen molar-refractivity contribution in [1.82, 2.24) is 10.6 Å². The molecule has 1 atom stereocenters. The van der Waals surface area contributed by atoms with Crippen LogP contribution in [0.3, 0.4) is 0 Å². The van der Waals surface area contributed by atoms with Crippen LogP contribution in [0.5, 0.6) is 0 Å². The Kier molecular flexibility index (Phi) is 8.29. The molecule has 28 heavy (non-hydrogen) atoms. The number of carbonyl (C=O) groups excluding carboxylic acids is 2. The standard InChI is InChI=1S/C21H26N4O2.ClH/c1-15-7-8-17(20(26)23-12-10-16-9-11-22-14-16)13-19(15)25-21(27)24-18-5-3-2-4-6-18;/h2-8,13,16,22H,9-12,14H2,1H3,(H,23,26)(H2,24,25,27);1H. The van der Waals surface area contributed by atoms with Gasteiger partial charge in [-0.1, -0.05) is 24.3 Å². The number of benzene rings is 2. The van der Waals surface area contributed by atoms with E-state index in [0.29, 0.717) is 29.4 Å². The Morgan fingerprint density at radius 2 is 1.89 bits per heavy atom. The number of hydrogen-bond donors (Lipinski definition) is 4. The molecular weight excluding hydrogens is 376 g/mol. The van der Waals surface area contributed by atoms with Gasteiger partial charge < -0.3 is 21.3 Å². The van der Waals surface area contributed by atoms with E-state index in [-0.39, 0.29) is 24.3 Å². The molecule has 0 aliphatic carbocycles. The molecule has 0 aromatic heterocycles. The van der Waals surface area contributed by atoms with Gasteiger partial charge in [0.15, 0.2) is 0 Å². The van der Waals surface area contributed by atoms with E-state index in [1.165, 1.54) is 6.42 Å². The molecule has 6 nitrogen and oxygen atoms in total. The summed E-state index contributed by atoms with van der Waals surface area (Å²) in [6.45, 7) is 4.66. The monoisotopic (exact) mass is 402 g/mol. The first-order valence-electron chi connectivity index (χ1n) is 9.34. The van der Waals surface area contributed by atoms with Crippen LogP contribution in [-0.4, -0.2) is 31.6 Å². The SMILES string of the molecule is Cc1ccc(C(=O)NCCC2CCNC2)cc1NC(=O)Nc1ccccc1.Cl. The van der Waals surface area contributed by atoms with Crippen LogP contribution < -0.4 is 21.3 Å². The zero-order chi connectivity index (χ0) is 19.1. The number of carbonyl (C=O) groups is 2. The van der Waals surface area contributed by atoms with E-state index in [1.807, 2.05) is 43.3 Å². The average molecular weight is 403 g/mol. The van der Waals surface area contributed by atoms with Gasteiger partial charge >= 0.3 is 6.03 Å². The molecule has 1 unspecified atom stereocenters. The van der Waals surface area contributed by atoms with Crippen molar-refractivity contribution in [1.29, 1.82) is 0 Å². The summed E-state index contributed by atoms with van der Waals surface area (Å²) in [4.78, 5) is 24.6. The van der Waals surface area contributed by atoms with Gasteiger partial charge in [-0.05, 0) is 68.6 Å². The summed E-state index contributed by atoms with van der Waals surface area (Å²) in [6, 6.07) is 14.2. The van der Waals surface area contributed by atoms with Crippen LogP contribution >= 0.6 is 12.4 Å². The van der Waals surface area contributed by atoms with Crippen LogP contribution in [0.2, 0.25) is 0 Å². The van der Waals surface area contributed by atoms with Crippen molar-refractivity contribution in [3.05, 3.63) is 59.7 Å². The minimum atomic E-state index is -0.337. The fourth-order valence-corrected chi connectivity index (χ4v) is 3.16. The molecule has 2 aromatic rings. The van der Waals surface area contributed by atoms with E-state index in [9.17, 15) is 9.59 Å². The number of anilines is 2. The Morgan fingerprint density at radius 1 is 1.11 bits per heavy atom. The third-order valence-electron chi connectivity index (χ3n) is 4.78. The van der Waals surface area contributed by atoms with Crippen molar-refractivity contribution >= 4 is 35.7 Å². The quantitative estimate of drug-likeness (QED) is 0.593. The number of rotatable bonds is 6. The predicted molar refractivity (Wildman–Crippen MR) is 115 cm³/mol. The third kappa shape index (κ3) is 6.25. The van der Waals surface area contributed by atoms with E-state index < -0.39 is 0 Å². The Balaban J connectivity index is 0.00000280. The summed E-state index contributed by atoms with van der Waals surface area (Å²) < 4.78 is 0. The second kappa shape index (κ2) is 10.7. The van der Waals surface area contributed by atoms with Crippen molar-refractivity contribution in [3.63, 3.8) is 0 Å². The van der Waals surface area contributed by atoms with Crippen molar-refractivity contribution in [3.8, 4) is 0 Å². The molecule has 0 saturated carbocycles. The number of nitrogens with one attached hydrogen (secondary N) is 4. The Morgan fingerprint density at radius 3 is 2.61 bits per heavy atom. The van der Waals surface area contributed by atoms with Gasteiger partial charge in [0.05, 0.1) is 0 Å². The van der Waals surface area contributed by atoms with Gasteiger partial charge in [-0.2, -0.15) is 0 Å². The number of aryl methyl sites for hydroxylation is 1. The van der Waals surface area contributed by atoms with Gasteiger partial charge in [0.2, 0.25) is 0 Å². The summed E-state index contributed by atoms with van der Waals surface area (Å²) in [5.74, 6) is 0.523. The predicted octanol–water partition coefficient (Wildman–Crippen LogP) is 3.79. The van der Waals surface area contributed by atoms with Gasteiger partial charge in [-0.15, -0.1) is 12.4 Å². The first kappa shape index (κ1) is 21.7. The molecule has 1 aliphatic rings. The molecule has 4 N–H and O–H groups in total. The van der Waals surface area contributed by atoms with Crippen molar-refractivity contribution < 1.29 is 9.59 Å². The zero-order valence-corrected chi connectivity index (χ0v) is 16.8. The molecule has 7 heteroatoms. The second-order valence-corrected chi connectivity index (χ2v) is 6.88. The van der Waals surface area contributed by atoms with Gasteiger partial charge in [-0.3, -0.25) is 4.79 Å². The summed E-state index contributed by atoms with van der Waals surface area (Å²) in [5, 5.41) is 11.9. The molecular formula is C21H27ClN4O2. The lowest BCUT2D eigenvalue weighted by atomic mass is 10.0. The Labute approximate surface area is 171 Å². The second-order valence-electron chi connectivity index (χ2n) is 6.88. The van der Waals surface area contributed by atoms with Crippen LogP contribution in [0.15, 0.2) is 48.5 Å². The first-order valence-corrected chi connectivity index (χ1v) is 9.34. The Bertz CT molecular complexity index is 792. The van der Waals surface area contributed by atoms with E-state index in [0.717, 1.165) is 25.1 Å². The number of para-hydroxylation sites is 1. The topological polar surface area (TPSA) is 82.3 Å². The van der Waals surface area contributed by atoms with Crippen LogP contribution in [0.1, 0.15) is 28.8 Å². The Hall–Kier alpha value is -2.57. The van der Waals surface area contributed by atoms with Gasteiger partial charge in [0, 0.05) is 23.5 Å². The third-order valence-corrected chi connectivity index (χ3v) is 4.78. The molecule has 2 aromatic carbocycles. The highest BCUT2D eigenvalue weighted by Crippen LogP contribution is 2.18. The van der Waals surface area contributed by atoms with Crippen LogP contribution in [0.4, 0.5) is 16.2 Å². The minimum Gasteiger partial charge on any atom is -0.352 e. The number of hydrogen-bond acceptors (Lipinski definition) is 3. The highest BCUT2D eigenvalue weighted by atomic mass is 35.5. The average Bonchev–Trinajstić information content (AvgIpc) is 3.17. The number of urea groups is 1. The largest absolute Gasteiger partial charge is 0.352 e. The first-order chi connectivity index (χ1) is 13.1. The maximum Gasteiger partial charge on any atom is 0.323 e. The molecule has 1 saturated heterocycles. The van der Waals surface area contributed by atoms with E-state index >= 15 is 0 Å².